The predicted molar refractivity (Wildman–Crippen MR) is 158 cm³/mol. The molecule has 7 heteroatoms. The summed E-state index contributed by atoms with van der Waals surface area (Å²) in [5, 5.41) is 14.7. The lowest BCUT2D eigenvalue weighted by atomic mass is 9.93. The van der Waals surface area contributed by atoms with E-state index in [2.05, 4.69) is 6.58 Å². The van der Waals surface area contributed by atoms with Crippen molar-refractivity contribution >= 4 is 17.9 Å². The van der Waals surface area contributed by atoms with Crippen molar-refractivity contribution in [3.05, 3.63) is 132 Å². The number of rotatable bonds is 9. The molecule has 0 saturated carbocycles. The van der Waals surface area contributed by atoms with Gasteiger partial charge >= 0.3 is 0 Å². The van der Waals surface area contributed by atoms with E-state index in [9.17, 15) is 14.9 Å². The maximum absolute atomic E-state index is 13.7. The number of para-hydroxylation sites is 1. The molecular weight excluding hydrogens is 512 g/mol. The molecule has 0 unspecified atom stereocenters. The Bertz CT molecular complexity index is 1690. The number of hydrogen-bond donors (Lipinski definition) is 0. The van der Waals surface area contributed by atoms with Crippen LogP contribution >= 0.6 is 0 Å². The van der Waals surface area contributed by atoms with E-state index in [1.807, 2.05) is 97.2 Å². The Morgan fingerprint density at radius 3 is 2.29 bits per heavy atom. The van der Waals surface area contributed by atoms with Crippen LogP contribution in [0.2, 0.25) is 0 Å². The van der Waals surface area contributed by atoms with Crippen LogP contribution in [0.25, 0.3) is 23.0 Å². The Morgan fingerprint density at radius 2 is 1.63 bits per heavy atom. The van der Waals surface area contributed by atoms with Crippen molar-refractivity contribution in [1.82, 2.24) is 14.7 Å². The summed E-state index contributed by atoms with van der Waals surface area (Å²) in [5.74, 6) is -0.309. The van der Waals surface area contributed by atoms with E-state index < -0.39 is 11.8 Å². The van der Waals surface area contributed by atoms with E-state index in [0.29, 0.717) is 35.6 Å². The third-order valence-corrected chi connectivity index (χ3v) is 6.85. The largest absolute Gasteiger partial charge is 0.490 e. The molecule has 2 heterocycles. The molecule has 0 N–H and O–H groups in total. The zero-order valence-corrected chi connectivity index (χ0v) is 22.7. The fourth-order valence-corrected chi connectivity index (χ4v) is 4.67. The summed E-state index contributed by atoms with van der Waals surface area (Å²) in [6.07, 6.45) is 5.74. The predicted octanol–water partition coefficient (Wildman–Crippen LogP) is 5.94. The van der Waals surface area contributed by atoms with Crippen LogP contribution in [0.3, 0.4) is 0 Å². The highest BCUT2D eigenvalue weighted by Crippen LogP contribution is 2.32. The van der Waals surface area contributed by atoms with Gasteiger partial charge in [0.1, 0.15) is 24.0 Å². The van der Waals surface area contributed by atoms with Crippen LogP contribution in [-0.2, 0) is 16.0 Å². The number of carbonyl (C=O) groups is 2. The van der Waals surface area contributed by atoms with Gasteiger partial charge < -0.3 is 4.74 Å². The Kier molecular flexibility index (Phi) is 8.03. The van der Waals surface area contributed by atoms with Crippen molar-refractivity contribution in [3.8, 4) is 28.8 Å². The highest BCUT2D eigenvalue weighted by atomic mass is 16.5. The molecule has 0 atom stereocenters. The number of imide groups is 1. The zero-order valence-electron chi connectivity index (χ0n) is 22.7. The van der Waals surface area contributed by atoms with Gasteiger partial charge in [0.15, 0.2) is 0 Å². The number of amides is 2. The van der Waals surface area contributed by atoms with Crippen molar-refractivity contribution < 1.29 is 14.3 Å². The molecule has 0 saturated heterocycles. The van der Waals surface area contributed by atoms with Gasteiger partial charge in [0.25, 0.3) is 11.8 Å². The maximum atomic E-state index is 13.7. The summed E-state index contributed by atoms with van der Waals surface area (Å²) in [4.78, 5) is 28.1. The Balaban J connectivity index is 1.57. The first kappa shape index (κ1) is 27.1. The second kappa shape index (κ2) is 12.1. The van der Waals surface area contributed by atoms with Crippen LogP contribution < -0.4 is 4.74 Å². The van der Waals surface area contributed by atoms with Crippen LogP contribution in [0.1, 0.15) is 18.1 Å². The van der Waals surface area contributed by atoms with Crippen LogP contribution in [0.15, 0.2) is 121 Å². The van der Waals surface area contributed by atoms with E-state index in [0.717, 1.165) is 21.7 Å². The zero-order chi connectivity index (χ0) is 28.8. The molecule has 7 nitrogen and oxygen atoms in total. The quantitative estimate of drug-likeness (QED) is 0.149. The molecule has 1 aliphatic heterocycles. The van der Waals surface area contributed by atoms with Gasteiger partial charge in [-0.3, -0.25) is 14.5 Å². The summed E-state index contributed by atoms with van der Waals surface area (Å²) in [6, 6.07) is 28.8. The third kappa shape index (κ3) is 5.77. The van der Waals surface area contributed by atoms with Gasteiger partial charge in [-0.1, -0.05) is 61.2 Å². The van der Waals surface area contributed by atoms with E-state index in [4.69, 9.17) is 9.84 Å². The normalized spacial score (nSPS) is 14.3. The number of hydrogen-bond acceptors (Lipinski definition) is 5. The van der Waals surface area contributed by atoms with Gasteiger partial charge in [-0.25, -0.2) is 4.68 Å². The number of nitrogens with zero attached hydrogens (tertiary/aromatic N) is 4. The molecular formula is C34H28N4O3. The van der Waals surface area contributed by atoms with E-state index >= 15 is 0 Å². The van der Waals surface area contributed by atoms with Crippen LogP contribution in [0.5, 0.6) is 5.75 Å². The van der Waals surface area contributed by atoms with Gasteiger partial charge in [-0.15, -0.1) is 0 Å². The van der Waals surface area contributed by atoms with Gasteiger partial charge in [-0.05, 0) is 67.0 Å². The molecule has 202 valence electrons. The van der Waals surface area contributed by atoms with Crippen LogP contribution in [-0.4, -0.2) is 39.6 Å². The summed E-state index contributed by atoms with van der Waals surface area (Å²) in [6.45, 7) is 5.88. The molecule has 0 radical (unpaired) electrons. The summed E-state index contributed by atoms with van der Waals surface area (Å²) in [7, 11) is 0. The Labute approximate surface area is 238 Å². The lowest BCUT2D eigenvalue weighted by Gasteiger charge is -2.27. The number of nitriles is 1. The third-order valence-electron chi connectivity index (χ3n) is 6.85. The Morgan fingerprint density at radius 1 is 0.951 bits per heavy atom. The van der Waals surface area contributed by atoms with Crippen molar-refractivity contribution in [2.45, 2.75) is 13.3 Å². The average Bonchev–Trinajstić information content (AvgIpc) is 3.43. The number of ether oxygens (including phenoxy) is 1. The van der Waals surface area contributed by atoms with Crippen LogP contribution in [0.4, 0.5) is 0 Å². The van der Waals surface area contributed by atoms with Crippen molar-refractivity contribution in [1.29, 1.82) is 5.26 Å². The van der Waals surface area contributed by atoms with Crippen molar-refractivity contribution in [3.63, 3.8) is 0 Å². The molecule has 3 aromatic carbocycles. The minimum absolute atomic E-state index is 0.0374. The van der Waals surface area contributed by atoms with E-state index in [1.165, 1.54) is 0 Å². The highest BCUT2D eigenvalue weighted by molar-refractivity contribution is 6.19. The van der Waals surface area contributed by atoms with E-state index in [1.54, 1.807) is 23.8 Å². The van der Waals surface area contributed by atoms with Gasteiger partial charge in [0.05, 0.1) is 11.4 Å². The summed E-state index contributed by atoms with van der Waals surface area (Å²) >= 11 is 0. The van der Waals surface area contributed by atoms with Crippen molar-refractivity contribution in [2.24, 2.45) is 0 Å². The standard InChI is InChI=1S/C34H28N4O3/c1-3-20-41-29-16-14-26(15-17-29)32-27(23-38(36-32)28-12-8-5-9-13-28)21-30-24(2)31(22-35)34(40)37(33(30)39)19-18-25-10-6-4-7-11-25/h3-17,21,23H,1,18-20H2,2H3/b30-21+. The molecule has 0 fully saturated rings. The smallest absolute Gasteiger partial charge is 0.271 e. The molecule has 1 aliphatic rings. The SMILES string of the molecule is C=CCOc1ccc(-c2nn(-c3ccccc3)cc2/C=C2/C(=O)N(CCc3ccccc3)C(=O)C(C#N)=C2C)cc1. The molecule has 4 aromatic rings. The maximum Gasteiger partial charge on any atom is 0.271 e. The fraction of sp³-hybridized carbons (Fsp3) is 0.118. The van der Waals surface area contributed by atoms with Gasteiger partial charge in [0.2, 0.25) is 0 Å². The summed E-state index contributed by atoms with van der Waals surface area (Å²) < 4.78 is 7.38. The summed E-state index contributed by atoms with van der Waals surface area (Å²) in [5.41, 5.74) is 4.58. The highest BCUT2D eigenvalue weighted by Gasteiger charge is 2.35. The fourth-order valence-electron chi connectivity index (χ4n) is 4.67. The second-order valence-corrected chi connectivity index (χ2v) is 9.50. The van der Waals surface area contributed by atoms with Gasteiger partial charge in [-0.2, -0.15) is 10.4 Å². The van der Waals surface area contributed by atoms with E-state index in [-0.39, 0.29) is 17.7 Å². The second-order valence-electron chi connectivity index (χ2n) is 9.50. The monoisotopic (exact) mass is 540 g/mol. The topological polar surface area (TPSA) is 88.2 Å². The lowest BCUT2D eigenvalue weighted by molar-refractivity contribution is -0.140. The number of aromatic nitrogens is 2. The first-order chi connectivity index (χ1) is 20.0. The van der Waals surface area contributed by atoms with Crippen LogP contribution in [0, 0.1) is 11.3 Å². The molecule has 0 bridgehead atoms. The molecule has 41 heavy (non-hydrogen) atoms. The molecule has 0 spiro atoms. The van der Waals surface area contributed by atoms with Crippen molar-refractivity contribution in [2.75, 3.05) is 13.2 Å². The van der Waals surface area contributed by atoms with Gasteiger partial charge in [0, 0.05) is 29.4 Å². The molecule has 2 amide bonds. The number of carbonyl (C=O) groups excluding carboxylic acids is 2. The molecule has 0 aliphatic carbocycles. The minimum Gasteiger partial charge on any atom is -0.490 e. The number of benzene rings is 3. The first-order valence-corrected chi connectivity index (χ1v) is 13.2. The molecule has 5 rings (SSSR count). The minimum atomic E-state index is -0.571. The average molecular weight is 541 g/mol. The molecule has 1 aromatic heterocycles. The first-order valence-electron chi connectivity index (χ1n) is 13.2. The lowest BCUT2D eigenvalue weighted by Crippen LogP contribution is -2.43. The Hall–Kier alpha value is -5.48.